The van der Waals surface area contributed by atoms with Crippen LogP contribution in [0.3, 0.4) is 0 Å². The van der Waals surface area contributed by atoms with E-state index in [4.69, 9.17) is 10.5 Å². The lowest BCUT2D eigenvalue weighted by atomic mass is 9.88. The van der Waals surface area contributed by atoms with Crippen molar-refractivity contribution in [2.75, 3.05) is 13.2 Å². The second kappa shape index (κ2) is 6.75. The minimum Gasteiger partial charge on any atom is -0.381 e. The maximum atomic E-state index is 6.08. The van der Waals surface area contributed by atoms with Crippen LogP contribution in [-0.2, 0) is 4.74 Å². The SMILES string of the molecule is CC1C(N)CCC1CCCCC1CCOCC1. The molecule has 2 aliphatic rings. The van der Waals surface area contributed by atoms with E-state index in [1.165, 1.54) is 51.4 Å². The summed E-state index contributed by atoms with van der Waals surface area (Å²) in [6.07, 6.45) is 10.9. The molecule has 3 unspecified atom stereocenters. The molecule has 2 fully saturated rings. The maximum absolute atomic E-state index is 6.08. The fraction of sp³-hybridized carbons (Fsp3) is 1.00. The first-order valence-corrected chi connectivity index (χ1v) is 7.60. The van der Waals surface area contributed by atoms with Gasteiger partial charge in [-0.25, -0.2) is 0 Å². The molecule has 0 amide bonds. The highest BCUT2D eigenvalue weighted by Gasteiger charge is 2.29. The summed E-state index contributed by atoms with van der Waals surface area (Å²) < 4.78 is 5.40. The van der Waals surface area contributed by atoms with E-state index in [1.807, 2.05) is 0 Å². The van der Waals surface area contributed by atoms with E-state index in [0.717, 1.165) is 31.0 Å². The minimum absolute atomic E-state index is 0.482. The van der Waals surface area contributed by atoms with Gasteiger partial charge in [0.1, 0.15) is 0 Å². The summed E-state index contributed by atoms with van der Waals surface area (Å²) >= 11 is 0. The zero-order chi connectivity index (χ0) is 12.1. The molecule has 2 nitrogen and oxygen atoms in total. The largest absolute Gasteiger partial charge is 0.381 e. The fourth-order valence-corrected chi connectivity index (χ4v) is 3.56. The third kappa shape index (κ3) is 3.96. The number of ether oxygens (including phenoxy) is 1. The van der Waals surface area contributed by atoms with Gasteiger partial charge in [-0.1, -0.05) is 32.6 Å². The van der Waals surface area contributed by atoms with Crippen LogP contribution in [0.4, 0.5) is 0 Å². The highest BCUT2D eigenvalue weighted by atomic mass is 16.5. The lowest BCUT2D eigenvalue weighted by molar-refractivity contribution is 0.0629. The van der Waals surface area contributed by atoms with Gasteiger partial charge in [-0.15, -0.1) is 0 Å². The fourth-order valence-electron chi connectivity index (χ4n) is 3.56. The molecule has 100 valence electrons. The van der Waals surface area contributed by atoms with Crippen molar-refractivity contribution in [3.63, 3.8) is 0 Å². The first-order chi connectivity index (χ1) is 8.27. The zero-order valence-corrected chi connectivity index (χ0v) is 11.4. The minimum atomic E-state index is 0.482. The third-order valence-electron chi connectivity index (χ3n) is 5.07. The molecule has 2 N–H and O–H groups in total. The molecule has 0 aromatic heterocycles. The Balaban J connectivity index is 1.54. The molecular formula is C15H29NO. The second-order valence-corrected chi connectivity index (χ2v) is 6.20. The summed E-state index contributed by atoms with van der Waals surface area (Å²) in [4.78, 5) is 0. The molecule has 1 saturated heterocycles. The molecular weight excluding hydrogens is 210 g/mol. The zero-order valence-electron chi connectivity index (χ0n) is 11.4. The Morgan fingerprint density at radius 1 is 1.00 bits per heavy atom. The van der Waals surface area contributed by atoms with Crippen LogP contribution in [0, 0.1) is 17.8 Å². The van der Waals surface area contributed by atoms with E-state index in [-0.39, 0.29) is 0 Å². The molecule has 0 aromatic carbocycles. The Labute approximate surface area is 106 Å². The molecule has 1 aliphatic heterocycles. The van der Waals surface area contributed by atoms with E-state index in [1.54, 1.807) is 0 Å². The average Bonchev–Trinajstić information content (AvgIpc) is 2.67. The first kappa shape index (κ1) is 13.4. The summed E-state index contributed by atoms with van der Waals surface area (Å²) in [6, 6.07) is 0.482. The monoisotopic (exact) mass is 239 g/mol. The van der Waals surface area contributed by atoms with E-state index in [2.05, 4.69) is 6.92 Å². The predicted octanol–water partition coefficient (Wildman–Crippen LogP) is 3.35. The van der Waals surface area contributed by atoms with E-state index >= 15 is 0 Å². The van der Waals surface area contributed by atoms with Gasteiger partial charge in [-0.2, -0.15) is 0 Å². The topological polar surface area (TPSA) is 35.2 Å². The van der Waals surface area contributed by atoms with Gasteiger partial charge in [0.25, 0.3) is 0 Å². The highest BCUT2D eigenvalue weighted by molar-refractivity contribution is 4.84. The average molecular weight is 239 g/mol. The van der Waals surface area contributed by atoms with Crippen LogP contribution in [0.15, 0.2) is 0 Å². The number of hydrogen-bond acceptors (Lipinski definition) is 2. The summed E-state index contributed by atoms with van der Waals surface area (Å²) in [5.41, 5.74) is 6.08. The molecule has 2 heteroatoms. The molecule has 0 spiro atoms. The Kier molecular flexibility index (Phi) is 5.30. The lowest BCUT2D eigenvalue weighted by Gasteiger charge is -2.22. The normalized spacial score (nSPS) is 35.3. The summed E-state index contributed by atoms with van der Waals surface area (Å²) in [6.45, 7) is 4.35. The van der Waals surface area contributed by atoms with Crippen LogP contribution in [0.25, 0.3) is 0 Å². The van der Waals surface area contributed by atoms with Crippen LogP contribution in [0.2, 0.25) is 0 Å². The lowest BCUT2D eigenvalue weighted by Crippen LogP contribution is -2.25. The van der Waals surface area contributed by atoms with Crippen LogP contribution < -0.4 is 5.73 Å². The number of unbranched alkanes of at least 4 members (excludes halogenated alkanes) is 1. The van der Waals surface area contributed by atoms with Gasteiger partial charge >= 0.3 is 0 Å². The van der Waals surface area contributed by atoms with Crippen molar-refractivity contribution in [3.8, 4) is 0 Å². The Morgan fingerprint density at radius 3 is 2.35 bits per heavy atom. The molecule has 0 bridgehead atoms. The van der Waals surface area contributed by atoms with Gasteiger partial charge in [0.2, 0.25) is 0 Å². The van der Waals surface area contributed by atoms with Gasteiger partial charge in [-0.3, -0.25) is 0 Å². The molecule has 0 aromatic rings. The molecule has 0 radical (unpaired) electrons. The first-order valence-electron chi connectivity index (χ1n) is 7.60. The van der Waals surface area contributed by atoms with E-state index < -0.39 is 0 Å². The Bertz CT molecular complexity index is 213. The van der Waals surface area contributed by atoms with Crippen molar-refractivity contribution in [3.05, 3.63) is 0 Å². The summed E-state index contributed by atoms with van der Waals surface area (Å²) in [5, 5.41) is 0. The van der Waals surface area contributed by atoms with Crippen molar-refractivity contribution in [2.45, 2.75) is 64.3 Å². The number of rotatable bonds is 5. The van der Waals surface area contributed by atoms with Crippen LogP contribution >= 0.6 is 0 Å². The molecule has 1 saturated carbocycles. The second-order valence-electron chi connectivity index (χ2n) is 6.20. The highest BCUT2D eigenvalue weighted by Crippen LogP contribution is 2.34. The molecule has 2 rings (SSSR count). The van der Waals surface area contributed by atoms with E-state index in [9.17, 15) is 0 Å². The van der Waals surface area contributed by atoms with Gasteiger partial charge in [0.05, 0.1) is 0 Å². The van der Waals surface area contributed by atoms with E-state index in [0.29, 0.717) is 6.04 Å². The molecule has 3 atom stereocenters. The Morgan fingerprint density at radius 2 is 1.71 bits per heavy atom. The summed E-state index contributed by atoms with van der Waals surface area (Å²) in [7, 11) is 0. The van der Waals surface area contributed by atoms with Crippen LogP contribution in [0.5, 0.6) is 0 Å². The number of hydrogen-bond donors (Lipinski definition) is 1. The van der Waals surface area contributed by atoms with Gasteiger partial charge in [0, 0.05) is 19.3 Å². The van der Waals surface area contributed by atoms with Crippen molar-refractivity contribution >= 4 is 0 Å². The number of nitrogens with two attached hydrogens (primary N) is 1. The predicted molar refractivity (Wildman–Crippen MR) is 71.9 cm³/mol. The van der Waals surface area contributed by atoms with Crippen molar-refractivity contribution in [1.82, 2.24) is 0 Å². The van der Waals surface area contributed by atoms with Gasteiger partial charge in [-0.05, 0) is 43.4 Å². The molecule has 17 heavy (non-hydrogen) atoms. The van der Waals surface area contributed by atoms with Crippen molar-refractivity contribution in [1.29, 1.82) is 0 Å². The van der Waals surface area contributed by atoms with Crippen molar-refractivity contribution < 1.29 is 4.74 Å². The molecule has 1 heterocycles. The van der Waals surface area contributed by atoms with Gasteiger partial charge in [0.15, 0.2) is 0 Å². The van der Waals surface area contributed by atoms with Crippen LogP contribution in [0.1, 0.15) is 58.3 Å². The maximum Gasteiger partial charge on any atom is 0.0468 e. The molecule has 1 aliphatic carbocycles. The standard InChI is InChI=1S/C15H29NO/c1-12-14(6-7-15(12)16)5-3-2-4-13-8-10-17-11-9-13/h12-15H,2-11,16H2,1H3. The summed E-state index contributed by atoms with van der Waals surface area (Å²) in [5.74, 6) is 2.63. The van der Waals surface area contributed by atoms with Crippen molar-refractivity contribution in [2.24, 2.45) is 23.5 Å². The smallest absolute Gasteiger partial charge is 0.0468 e. The third-order valence-corrected chi connectivity index (χ3v) is 5.07. The van der Waals surface area contributed by atoms with Crippen LogP contribution in [-0.4, -0.2) is 19.3 Å². The van der Waals surface area contributed by atoms with Gasteiger partial charge < -0.3 is 10.5 Å². The quantitative estimate of drug-likeness (QED) is 0.747. The Hall–Kier alpha value is -0.0800.